The molecular weight excluding hydrogens is 296 g/mol. The van der Waals surface area contributed by atoms with Crippen LogP contribution in [0.25, 0.3) is 10.6 Å². The Balaban J connectivity index is 1.69. The highest BCUT2D eigenvalue weighted by Crippen LogP contribution is 2.32. The van der Waals surface area contributed by atoms with E-state index in [1.165, 1.54) is 11.3 Å². The summed E-state index contributed by atoms with van der Waals surface area (Å²) in [6, 6.07) is 9.83. The fraction of sp³-hybridized carbons (Fsp3) is 0.250. The molecule has 3 aromatic rings. The van der Waals surface area contributed by atoms with Crippen molar-refractivity contribution in [2.45, 2.75) is 13.8 Å². The number of H-pyrrole nitrogens is 1. The molecule has 0 aliphatic rings. The maximum absolute atomic E-state index is 5.84. The van der Waals surface area contributed by atoms with Crippen LogP contribution >= 0.6 is 11.3 Å². The minimum atomic E-state index is 0.598. The minimum absolute atomic E-state index is 0.598. The number of ether oxygens (including phenoxy) is 1. The van der Waals surface area contributed by atoms with Gasteiger partial charge in [-0.3, -0.25) is 5.10 Å². The van der Waals surface area contributed by atoms with Gasteiger partial charge >= 0.3 is 0 Å². The van der Waals surface area contributed by atoms with E-state index in [0.717, 1.165) is 28.6 Å². The van der Waals surface area contributed by atoms with Gasteiger partial charge in [0.1, 0.15) is 5.75 Å². The van der Waals surface area contributed by atoms with Crippen molar-refractivity contribution in [1.82, 2.24) is 15.2 Å². The standard InChI is InChI=1S/C16H18N4OS/c1-11(2)9-17-12-4-3-5-13(8-12)21-16-18-10-15(22-16)14-6-7-19-20-14/h3-8,10-11,17H,9H2,1-2H3,(H,19,20). The lowest BCUT2D eigenvalue weighted by molar-refractivity contribution is 0.479. The second kappa shape index (κ2) is 6.62. The first-order valence-corrected chi connectivity index (χ1v) is 8.00. The molecule has 3 rings (SSSR count). The van der Waals surface area contributed by atoms with Crippen LogP contribution in [0.15, 0.2) is 42.7 Å². The summed E-state index contributed by atoms with van der Waals surface area (Å²) in [4.78, 5) is 5.30. The van der Waals surface area contributed by atoms with Gasteiger partial charge in [0.2, 0.25) is 0 Å². The van der Waals surface area contributed by atoms with Crippen molar-refractivity contribution in [3.05, 3.63) is 42.7 Å². The molecule has 2 N–H and O–H groups in total. The molecule has 1 aromatic carbocycles. The Morgan fingerprint density at radius 3 is 3.00 bits per heavy atom. The summed E-state index contributed by atoms with van der Waals surface area (Å²) in [5.74, 6) is 1.37. The molecule has 2 aromatic heterocycles. The Hall–Kier alpha value is -2.34. The predicted octanol–water partition coefficient (Wildman–Crippen LogP) is 4.39. The van der Waals surface area contributed by atoms with Crippen LogP contribution in [0.1, 0.15) is 13.8 Å². The number of hydrogen-bond donors (Lipinski definition) is 2. The molecule has 0 radical (unpaired) electrons. The third kappa shape index (κ3) is 3.65. The quantitative estimate of drug-likeness (QED) is 0.708. The van der Waals surface area contributed by atoms with Crippen LogP contribution in [0.4, 0.5) is 5.69 Å². The topological polar surface area (TPSA) is 62.8 Å². The number of nitrogens with one attached hydrogen (secondary N) is 2. The highest BCUT2D eigenvalue weighted by Gasteiger charge is 2.08. The number of anilines is 1. The molecule has 0 saturated heterocycles. The lowest BCUT2D eigenvalue weighted by atomic mass is 10.2. The molecule has 0 aliphatic carbocycles. The highest BCUT2D eigenvalue weighted by molar-refractivity contribution is 7.16. The summed E-state index contributed by atoms with van der Waals surface area (Å²) >= 11 is 1.48. The van der Waals surface area contributed by atoms with E-state index in [4.69, 9.17) is 4.74 Å². The van der Waals surface area contributed by atoms with E-state index in [9.17, 15) is 0 Å². The Morgan fingerprint density at radius 2 is 2.23 bits per heavy atom. The third-order valence-electron chi connectivity index (χ3n) is 3.00. The van der Waals surface area contributed by atoms with Crippen molar-refractivity contribution in [3.8, 4) is 21.5 Å². The first kappa shape index (κ1) is 14.6. The van der Waals surface area contributed by atoms with Crippen LogP contribution in [0, 0.1) is 5.92 Å². The fourth-order valence-electron chi connectivity index (χ4n) is 1.92. The zero-order valence-electron chi connectivity index (χ0n) is 12.5. The smallest absolute Gasteiger partial charge is 0.279 e. The normalized spacial score (nSPS) is 10.9. The largest absolute Gasteiger partial charge is 0.431 e. The van der Waals surface area contributed by atoms with Crippen molar-refractivity contribution in [1.29, 1.82) is 0 Å². The van der Waals surface area contributed by atoms with Crippen LogP contribution in [0.3, 0.4) is 0 Å². The van der Waals surface area contributed by atoms with Gasteiger partial charge in [0.05, 0.1) is 16.8 Å². The molecule has 0 fully saturated rings. The van der Waals surface area contributed by atoms with Crippen molar-refractivity contribution >= 4 is 17.0 Å². The number of benzene rings is 1. The number of thiazole rings is 1. The molecule has 2 heterocycles. The minimum Gasteiger partial charge on any atom is -0.431 e. The van der Waals surface area contributed by atoms with Gasteiger partial charge in [0, 0.05) is 24.5 Å². The fourth-order valence-corrected chi connectivity index (χ4v) is 2.68. The van der Waals surface area contributed by atoms with Gasteiger partial charge < -0.3 is 10.1 Å². The van der Waals surface area contributed by atoms with Crippen molar-refractivity contribution in [2.24, 2.45) is 5.92 Å². The second-order valence-corrected chi connectivity index (χ2v) is 6.36. The molecule has 0 unspecified atom stereocenters. The Bertz CT molecular complexity index is 721. The molecule has 6 heteroatoms. The van der Waals surface area contributed by atoms with Gasteiger partial charge in [-0.05, 0) is 24.1 Å². The number of nitrogens with zero attached hydrogens (tertiary/aromatic N) is 2. The maximum atomic E-state index is 5.84. The van der Waals surface area contributed by atoms with Crippen LogP contribution in [-0.4, -0.2) is 21.7 Å². The number of aromatic nitrogens is 3. The van der Waals surface area contributed by atoms with Gasteiger partial charge in [0.15, 0.2) is 0 Å². The Kier molecular flexibility index (Phi) is 4.39. The summed E-state index contributed by atoms with van der Waals surface area (Å²) in [5.41, 5.74) is 2.00. The van der Waals surface area contributed by atoms with Gasteiger partial charge in [-0.2, -0.15) is 5.10 Å². The second-order valence-electron chi connectivity index (χ2n) is 5.37. The molecule has 0 amide bonds. The zero-order valence-corrected chi connectivity index (χ0v) is 13.4. The molecule has 114 valence electrons. The molecule has 22 heavy (non-hydrogen) atoms. The van der Waals surface area contributed by atoms with E-state index in [2.05, 4.69) is 34.3 Å². The number of hydrogen-bond acceptors (Lipinski definition) is 5. The van der Waals surface area contributed by atoms with Crippen LogP contribution in [0.5, 0.6) is 10.9 Å². The molecule has 0 saturated carbocycles. The first-order valence-electron chi connectivity index (χ1n) is 7.18. The SMILES string of the molecule is CC(C)CNc1cccc(Oc2ncc(-c3ccn[nH]3)s2)c1. The highest BCUT2D eigenvalue weighted by atomic mass is 32.1. The van der Waals surface area contributed by atoms with Crippen molar-refractivity contribution < 1.29 is 4.74 Å². The summed E-state index contributed by atoms with van der Waals surface area (Å²) in [7, 11) is 0. The predicted molar refractivity (Wildman–Crippen MR) is 89.5 cm³/mol. The molecule has 5 nitrogen and oxygen atoms in total. The maximum Gasteiger partial charge on any atom is 0.279 e. The van der Waals surface area contributed by atoms with Gasteiger partial charge in [0.25, 0.3) is 5.19 Å². The van der Waals surface area contributed by atoms with E-state index in [0.29, 0.717) is 11.1 Å². The molecule has 0 bridgehead atoms. The lowest BCUT2D eigenvalue weighted by Crippen LogP contribution is -2.07. The number of rotatable bonds is 6. The van der Waals surface area contributed by atoms with Gasteiger partial charge in [-0.15, -0.1) is 0 Å². The van der Waals surface area contributed by atoms with E-state index in [1.54, 1.807) is 12.4 Å². The number of aromatic amines is 1. The average Bonchev–Trinajstić information content (AvgIpc) is 3.16. The third-order valence-corrected chi connectivity index (χ3v) is 3.91. The van der Waals surface area contributed by atoms with E-state index in [-0.39, 0.29) is 0 Å². The first-order chi connectivity index (χ1) is 10.7. The molecular formula is C16H18N4OS. The van der Waals surface area contributed by atoms with E-state index in [1.807, 2.05) is 30.3 Å². The summed E-state index contributed by atoms with van der Waals surface area (Å²) in [6.07, 6.45) is 3.51. The van der Waals surface area contributed by atoms with Crippen molar-refractivity contribution in [3.63, 3.8) is 0 Å². The van der Waals surface area contributed by atoms with Gasteiger partial charge in [-0.1, -0.05) is 31.3 Å². The summed E-state index contributed by atoms with van der Waals surface area (Å²) in [5, 5.41) is 10.9. The Morgan fingerprint density at radius 1 is 1.32 bits per heavy atom. The molecule has 0 spiro atoms. The van der Waals surface area contributed by atoms with Gasteiger partial charge in [-0.25, -0.2) is 4.98 Å². The zero-order chi connectivity index (χ0) is 15.4. The average molecular weight is 314 g/mol. The monoisotopic (exact) mass is 314 g/mol. The summed E-state index contributed by atoms with van der Waals surface area (Å²) in [6.45, 7) is 5.30. The molecule has 0 aliphatic heterocycles. The van der Waals surface area contributed by atoms with Crippen LogP contribution in [0.2, 0.25) is 0 Å². The van der Waals surface area contributed by atoms with Crippen LogP contribution < -0.4 is 10.1 Å². The van der Waals surface area contributed by atoms with Crippen molar-refractivity contribution in [2.75, 3.05) is 11.9 Å². The Labute approximate surface area is 133 Å². The molecule has 0 atom stereocenters. The van der Waals surface area contributed by atoms with E-state index >= 15 is 0 Å². The van der Waals surface area contributed by atoms with E-state index < -0.39 is 0 Å². The lowest BCUT2D eigenvalue weighted by Gasteiger charge is -2.10. The van der Waals surface area contributed by atoms with Crippen LogP contribution in [-0.2, 0) is 0 Å². The summed E-state index contributed by atoms with van der Waals surface area (Å²) < 4.78 is 5.84.